The van der Waals surface area contributed by atoms with Crippen LogP contribution in [0.5, 0.6) is 5.75 Å². The van der Waals surface area contributed by atoms with Crippen LogP contribution in [0, 0.1) is 17.1 Å². The molecule has 1 N–H and O–H groups in total. The summed E-state index contributed by atoms with van der Waals surface area (Å²) in [6.45, 7) is 1.44. The van der Waals surface area contributed by atoms with Gasteiger partial charge < -0.3 is 9.84 Å². The van der Waals surface area contributed by atoms with E-state index in [-0.39, 0.29) is 5.75 Å². The molecule has 1 unspecified atom stereocenters. The summed E-state index contributed by atoms with van der Waals surface area (Å²) in [7, 11) is 0. The van der Waals surface area contributed by atoms with E-state index in [0.29, 0.717) is 0 Å². The molecule has 0 fully saturated rings. The minimum atomic E-state index is -1.42. The molecule has 0 bridgehead atoms. The van der Waals surface area contributed by atoms with E-state index in [9.17, 15) is 9.18 Å². The van der Waals surface area contributed by atoms with Crippen LogP contribution in [0.2, 0.25) is 0 Å². The summed E-state index contributed by atoms with van der Waals surface area (Å²) < 4.78 is 18.1. The van der Waals surface area contributed by atoms with Gasteiger partial charge in [-0.1, -0.05) is 6.07 Å². The maximum absolute atomic E-state index is 13.1. The predicted octanol–water partition coefficient (Wildman–Crippen LogP) is 1.81. The van der Waals surface area contributed by atoms with Crippen molar-refractivity contribution in [2.75, 3.05) is 0 Å². The molecule has 78 valence electrons. The number of hydrogen-bond acceptors (Lipinski definition) is 3. The lowest BCUT2D eigenvalue weighted by Gasteiger charge is -2.10. The number of carboxylic acids is 1. The highest BCUT2D eigenvalue weighted by atomic mass is 19.1. The molecule has 15 heavy (non-hydrogen) atoms. The SMILES string of the molecule is CC(C#N)Oc1cccc(F)c1C(=O)O. The summed E-state index contributed by atoms with van der Waals surface area (Å²) in [6, 6.07) is 5.41. The first-order valence-corrected chi connectivity index (χ1v) is 4.14. The Hall–Kier alpha value is -2.09. The van der Waals surface area contributed by atoms with Crippen molar-refractivity contribution in [3.8, 4) is 11.8 Å². The molecule has 5 heteroatoms. The lowest BCUT2D eigenvalue weighted by Crippen LogP contribution is -2.12. The summed E-state index contributed by atoms with van der Waals surface area (Å²) in [5, 5.41) is 17.2. The molecule has 0 spiro atoms. The van der Waals surface area contributed by atoms with Gasteiger partial charge in [0.05, 0.1) is 0 Å². The number of nitriles is 1. The third-order valence-corrected chi connectivity index (χ3v) is 1.67. The van der Waals surface area contributed by atoms with Gasteiger partial charge in [0.2, 0.25) is 0 Å². The van der Waals surface area contributed by atoms with Crippen LogP contribution in [-0.4, -0.2) is 17.2 Å². The molecule has 0 amide bonds. The Labute approximate surface area is 85.5 Å². The Morgan fingerprint density at radius 2 is 2.33 bits per heavy atom. The molecule has 0 aromatic heterocycles. The van der Waals surface area contributed by atoms with Crippen molar-refractivity contribution in [1.82, 2.24) is 0 Å². The van der Waals surface area contributed by atoms with E-state index in [2.05, 4.69) is 0 Å². The average Bonchev–Trinajstić information content (AvgIpc) is 2.17. The van der Waals surface area contributed by atoms with E-state index in [0.717, 1.165) is 6.07 Å². The van der Waals surface area contributed by atoms with E-state index in [1.807, 2.05) is 0 Å². The van der Waals surface area contributed by atoms with Crippen LogP contribution in [0.4, 0.5) is 4.39 Å². The number of carbonyl (C=O) groups is 1. The van der Waals surface area contributed by atoms with Crippen molar-refractivity contribution in [3.63, 3.8) is 0 Å². The second-order valence-electron chi connectivity index (χ2n) is 2.81. The normalized spacial score (nSPS) is 11.5. The van der Waals surface area contributed by atoms with Gasteiger partial charge in [0, 0.05) is 0 Å². The number of nitrogens with zero attached hydrogens (tertiary/aromatic N) is 1. The Morgan fingerprint density at radius 3 is 2.87 bits per heavy atom. The molecular weight excluding hydrogens is 201 g/mol. The van der Waals surface area contributed by atoms with E-state index >= 15 is 0 Å². The molecule has 4 nitrogen and oxygen atoms in total. The number of rotatable bonds is 3. The predicted molar refractivity (Wildman–Crippen MR) is 49.1 cm³/mol. The second kappa shape index (κ2) is 4.42. The highest BCUT2D eigenvalue weighted by Crippen LogP contribution is 2.22. The quantitative estimate of drug-likeness (QED) is 0.824. The van der Waals surface area contributed by atoms with Crippen molar-refractivity contribution >= 4 is 5.97 Å². The zero-order chi connectivity index (χ0) is 11.4. The van der Waals surface area contributed by atoms with Gasteiger partial charge in [0.1, 0.15) is 23.2 Å². The summed E-state index contributed by atoms with van der Waals surface area (Å²) in [4.78, 5) is 10.7. The Kier molecular flexibility index (Phi) is 3.24. The van der Waals surface area contributed by atoms with Gasteiger partial charge in [-0.05, 0) is 19.1 Å². The van der Waals surface area contributed by atoms with Gasteiger partial charge in [0.15, 0.2) is 6.10 Å². The molecule has 0 aliphatic carbocycles. The molecule has 0 radical (unpaired) electrons. The van der Waals surface area contributed by atoms with Gasteiger partial charge in [-0.3, -0.25) is 0 Å². The van der Waals surface area contributed by atoms with E-state index in [4.69, 9.17) is 15.1 Å². The van der Waals surface area contributed by atoms with Gasteiger partial charge in [-0.2, -0.15) is 5.26 Å². The molecule has 0 aliphatic rings. The smallest absolute Gasteiger partial charge is 0.342 e. The van der Waals surface area contributed by atoms with Crippen LogP contribution in [0.3, 0.4) is 0 Å². The highest BCUT2D eigenvalue weighted by molar-refractivity contribution is 5.91. The molecule has 1 atom stereocenters. The molecule has 0 saturated carbocycles. The van der Waals surface area contributed by atoms with Crippen molar-refractivity contribution in [2.45, 2.75) is 13.0 Å². The Bertz CT molecular complexity index is 425. The number of aromatic carboxylic acids is 1. The van der Waals surface area contributed by atoms with Crippen LogP contribution < -0.4 is 4.74 Å². The zero-order valence-corrected chi connectivity index (χ0v) is 7.90. The molecule has 1 rings (SSSR count). The fraction of sp³-hybridized carbons (Fsp3) is 0.200. The summed E-state index contributed by atoms with van der Waals surface area (Å²) in [5.74, 6) is -2.45. The van der Waals surface area contributed by atoms with Crippen LogP contribution in [0.15, 0.2) is 18.2 Å². The molecule has 0 aliphatic heterocycles. The minimum absolute atomic E-state index is 0.142. The number of ether oxygens (including phenoxy) is 1. The standard InChI is InChI=1S/C10H8FNO3/c1-6(5-12)15-8-4-2-3-7(11)9(8)10(13)14/h2-4,6H,1H3,(H,13,14). The fourth-order valence-corrected chi connectivity index (χ4v) is 1.03. The number of halogens is 1. The monoisotopic (exact) mass is 209 g/mol. The van der Waals surface area contributed by atoms with E-state index < -0.39 is 23.5 Å². The van der Waals surface area contributed by atoms with Crippen molar-refractivity contribution in [2.24, 2.45) is 0 Å². The fourth-order valence-electron chi connectivity index (χ4n) is 1.03. The highest BCUT2D eigenvalue weighted by Gasteiger charge is 2.18. The molecule has 0 saturated heterocycles. The topological polar surface area (TPSA) is 70.3 Å². The zero-order valence-electron chi connectivity index (χ0n) is 7.90. The number of benzene rings is 1. The lowest BCUT2D eigenvalue weighted by atomic mass is 10.2. The van der Waals surface area contributed by atoms with Gasteiger partial charge in [0.25, 0.3) is 0 Å². The largest absolute Gasteiger partial charge is 0.477 e. The first-order chi connectivity index (χ1) is 7.06. The lowest BCUT2D eigenvalue weighted by molar-refractivity contribution is 0.0686. The maximum atomic E-state index is 13.1. The van der Waals surface area contributed by atoms with E-state index in [1.165, 1.54) is 19.1 Å². The molecule has 0 heterocycles. The average molecular weight is 209 g/mol. The number of hydrogen-bond donors (Lipinski definition) is 1. The molecule has 1 aromatic carbocycles. The first kappa shape index (κ1) is 11.0. The number of carboxylic acid groups (broad SMARTS) is 1. The third-order valence-electron chi connectivity index (χ3n) is 1.67. The third kappa shape index (κ3) is 2.44. The van der Waals surface area contributed by atoms with Crippen molar-refractivity contribution in [1.29, 1.82) is 5.26 Å². The summed E-state index contributed by atoms with van der Waals surface area (Å²) in [6.07, 6.45) is -0.829. The summed E-state index contributed by atoms with van der Waals surface area (Å²) >= 11 is 0. The first-order valence-electron chi connectivity index (χ1n) is 4.14. The van der Waals surface area contributed by atoms with Crippen molar-refractivity contribution in [3.05, 3.63) is 29.6 Å². The minimum Gasteiger partial charge on any atom is -0.477 e. The molecule has 1 aromatic rings. The van der Waals surface area contributed by atoms with Crippen LogP contribution in [0.25, 0.3) is 0 Å². The van der Waals surface area contributed by atoms with Gasteiger partial charge in [-0.25, -0.2) is 9.18 Å². The van der Waals surface area contributed by atoms with Gasteiger partial charge in [-0.15, -0.1) is 0 Å². The second-order valence-corrected chi connectivity index (χ2v) is 2.81. The van der Waals surface area contributed by atoms with Crippen LogP contribution >= 0.6 is 0 Å². The Balaban J connectivity index is 3.13. The Morgan fingerprint density at radius 1 is 1.67 bits per heavy atom. The van der Waals surface area contributed by atoms with Crippen LogP contribution in [-0.2, 0) is 0 Å². The maximum Gasteiger partial charge on any atom is 0.342 e. The van der Waals surface area contributed by atoms with E-state index in [1.54, 1.807) is 6.07 Å². The van der Waals surface area contributed by atoms with Gasteiger partial charge >= 0.3 is 5.97 Å². The molecular formula is C10H8FNO3. The van der Waals surface area contributed by atoms with Crippen LogP contribution in [0.1, 0.15) is 17.3 Å². The van der Waals surface area contributed by atoms with Crippen molar-refractivity contribution < 1.29 is 19.0 Å². The summed E-state index contributed by atoms with van der Waals surface area (Å²) in [5.41, 5.74) is -0.556.